The number of hydrogen-bond donors (Lipinski definition) is 2. The molecule has 0 bridgehead atoms. The molecular weight excluding hydrogens is 350 g/mol. The molecule has 0 aliphatic heterocycles. The first-order valence-corrected chi connectivity index (χ1v) is 9.22. The quantitative estimate of drug-likeness (QED) is 0.483. The van der Waals surface area contributed by atoms with Crippen molar-refractivity contribution in [1.29, 1.82) is 0 Å². The minimum atomic E-state index is -0.413. The van der Waals surface area contributed by atoms with Gasteiger partial charge in [-0.1, -0.05) is 48.5 Å². The number of amides is 1. The fraction of sp³-hybridized carbons (Fsp3) is 0.130. The number of carbonyl (C=O) groups excluding carboxylic acids is 1. The van der Waals surface area contributed by atoms with E-state index in [0.717, 1.165) is 38.7 Å². The normalized spacial score (nSPS) is 10.8. The average Bonchev–Trinajstić information content (AvgIpc) is 2.74. The van der Waals surface area contributed by atoms with Crippen LogP contribution in [-0.4, -0.2) is 24.7 Å². The van der Waals surface area contributed by atoms with E-state index in [0.29, 0.717) is 13.0 Å². The van der Waals surface area contributed by atoms with E-state index in [9.17, 15) is 4.79 Å². The van der Waals surface area contributed by atoms with Crippen molar-refractivity contribution in [3.63, 3.8) is 0 Å². The summed E-state index contributed by atoms with van der Waals surface area (Å²) in [6, 6.07) is 24.4. The number of benzene rings is 3. The van der Waals surface area contributed by atoms with Crippen molar-refractivity contribution in [2.75, 3.05) is 19.0 Å². The molecule has 1 heterocycles. The third kappa shape index (κ3) is 3.74. The summed E-state index contributed by atoms with van der Waals surface area (Å²) in [5.74, 6) is 0. The Morgan fingerprint density at radius 1 is 0.929 bits per heavy atom. The van der Waals surface area contributed by atoms with Crippen LogP contribution in [0, 0.1) is 0 Å². The molecule has 4 rings (SSSR count). The van der Waals surface area contributed by atoms with Crippen LogP contribution >= 0.6 is 0 Å². The highest BCUT2D eigenvalue weighted by Gasteiger charge is 2.09. The van der Waals surface area contributed by atoms with Crippen molar-refractivity contribution >= 4 is 39.3 Å². The fourth-order valence-electron chi connectivity index (χ4n) is 3.26. The van der Waals surface area contributed by atoms with Crippen molar-refractivity contribution in [1.82, 2.24) is 10.3 Å². The molecule has 1 aromatic heterocycles. The Kier molecular flexibility index (Phi) is 5.06. The average molecular weight is 371 g/mol. The van der Waals surface area contributed by atoms with Crippen LogP contribution in [0.25, 0.3) is 21.8 Å². The second-order valence-corrected chi connectivity index (χ2v) is 6.48. The van der Waals surface area contributed by atoms with Crippen molar-refractivity contribution in [2.45, 2.75) is 6.42 Å². The molecule has 0 atom stereocenters. The summed E-state index contributed by atoms with van der Waals surface area (Å²) < 4.78 is 5.09. The number of anilines is 2. The minimum absolute atomic E-state index is 0.338. The van der Waals surface area contributed by atoms with Crippen LogP contribution in [0.15, 0.2) is 72.8 Å². The van der Waals surface area contributed by atoms with Crippen LogP contribution in [0.3, 0.4) is 0 Å². The van der Waals surface area contributed by atoms with Crippen LogP contribution in [0.2, 0.25) is 0 Å². The van der Waals surface area contributed by atoms with E-state index in [4.69, 9.17) is 9.72 Å². The molecule has 0 aliphatic rings. The first kappa shape index (κ1) is 17.8. The van der Waals surface area contributed by atoms with Gasteiger partial charge < -0.3 is 15.4 Å². The van der Waals surface area contributed by atoms with Gasteiger partial charge in [0.05, 0.1) is 23.3 Å². The molecule has 2 N–H and O–H groups in total. The number of pyridine rings is 1. The smallest absolute Gasteiger partial charge is 0.406 e. The minimum Gasteiger partial charge on any atom is -0.449 e. The van der Waals surface area contributed by atoms with Gasteiger partial charge in [-0.25, -0.2) is 9.78 Å². The molecule has 5 nitrogen and oxygen atoms in total. The number of nitrogens with zero attached hydrogens (tertiary/aromatic N) is 1. The molecule has 0 radical (unpaired) electrons. The van der Waals surface area contributed by atoms with Crippen LogP contribution in [0.5, 0.6) is 0 Å². The topological polar surface area (TPSA) is 63.2 Å². The van der Waals surface area contributed by atoms with Gasteiger partial charge in [0.15, 0.2) is 0 Å². The van der Waals surface area contributed by atoms with E-state index < -0.39 is 6.09 Å². The van der Waals surface area contributed by atoms with Gasteiger partial charge in [-0.15, -0.1) is 0 Å². The number of ether oxygens (including phenoxy) is 1. The highest BCUT2D eigenvalue weighted by Crippen LogP contribution is 2.33. The summed E-state index contributed by atoms with van der Waals surface area (Å²) in [6.07, 6.45) is 0.241. The Morgan fingerprint density at radius 2 is 1.61 bits per heavy atom. The van der Waals surface area contributed by atoms with E-state index in [1.807, 2.05) is 54.6 Å². The lowest BCUT2D eigenvalue weighted by Crippen LogP contribution is -2.20. The predicted octanol–water partition coefficient (Wildman–Crippen LogP) is 5.03. The number of nitrogens with one attached hydrogen (secondary N) is 2. The first-order valence-electron chi connectivity index (χ1n) is 9.22. The van der Waals surface area contributed by atoms with E-state index in [2.05, 4.69) is 28.8 Å². The maximum atomic E-state index is 11.2. The maximum absolute atomic E-state index is 11.2. The third-order valence-corrected chi connectivity index (χ3v) is 4.61. The molecule has 28 heavy (non-hydrogen) atoms. The molecule has 0 saturated heterocycles. The first-order chi connectivity index (χ1) is 13.7. The van der Waals surface area contributed by atoms with Crippen molar-refractivity contribution < 1.29 is 9.53 Å². The molecule has 0 unspecified atom stereocenters. The van der Waals surface area contributed by atoms with E-state index in [1.165, 1.54) is 0 Å². The highest BCUT2D eigenvalue weighted by atomic mass is 16.5. The molecular formula is C23H21N3O2. The van der Waals surface area contributed by atoms with Gasteiger partial charge in [0.1, 0.15) is 0 Å². The van der Waals surface area contributed by atoms with Crippen molar-refractivity contribution in [2.24, 2.45) is 0 Å². The summed E-state index contributed by atoms with van der Waals surface area (Å²) in [6.45, 7) is 0.338. The second kappa shape index (κ2) is 7.96. The zero-order valence-electron chi connectivity index (χ0n) is 15.6. The molecule has 0 aliphatic carbocycles. The van der Waals surface area contributed by atoms with Crippen LogP contribution < -0.4 is 10.6 Å². The Labute approximate surface area is 163 Å². The molecule has 1 amide bonds. The molecule has 140 valence electrons. The Balaban J connectivity index is 1.66. The number of hydrogen-bond acceptors (Lipinski definition) is 4. The van der Waals surface area contributed by atoms with Gasteiger partial charge in [-0.2, -0.15) is 0 Å². The van der Waals surface area contributed by atoms with E-state index in [1.54, 1.807) is 7.05 Å². The molecule has 0 saturated carbocycles. The molecule has 5 heteroatoms. The molecule has 0 spiro atoms. The van der Waals surface area contributed by atoms with Crippen LogP contribution in [0.1, 0.15) is 5.56 Å². The number of rotatable bonds is 5. The zero-order chi connectivity index (χ0) is 19.3. The van der Waals surface area contributed by atoms with Crippen molar-refractivity contribution in [3.8, 4) is 0 Å². The Bertz CT molecular complexity index is 1090. The molecule has 3 aromatic carbocycles. The van der Waals surface area contributed by atoms with E-state index in [-0.39, 0.29) is 0 Å². The number of fused-ring (bicyclic) bond motifs is 2. The second-order valence-electron chi connectivity index (χ2n) is 6.48. The number of aromatic nitrogens is 1. The van der Waals surface area contributed by atoms with Crippen LogP contribution in [0.4, 0.5) is 16.2 Å². The lowest BCUT2D eigenvalue weighted by atomic mass is 10.1. The molecule has 4 aromatic rings. The summed E-state index contributed by atoms with van der Waals surface area (Å²) in [7, 11) is 1.55. The van der Waals surface area contributed by atoms with Crippen molar-refractivity contribution in [3.05, 3.63) is 78.4 Å². The molecule has 0 fully saturated rings. The van der Waals surface area contributed by atoms with Gasteiger partial charge in [0, 0.05) is 29.9 Å². The summed E-state index contributed by atoms with van der Waals surface area (Å²) >= 11 is 0. The van der Waals surface area contributed by atoms with Gasteiger partial charge in [-0.3, -0.25) is 0 Å². The highest BCUT2D eigenvalue weighted by molar-refractivity contribution is 6.08. The Hall–Kier alpha value is -3.60. The van der Waals surface area contributed by atoms with Gasteiger partial charge in [0.2, 0.25) is 0 Å². The fourth-order valence-corrected chi connectivity index (χ4v) is 3.26. The van der Waals surface area contributed by atoms with Gasteiger partial charge in [-0.05, 0) is 29.8 Å². The summed E-state index contributed by atoms with van der Waals surface area (Å²) in [5, 5.41) is 8.19. The maximum Gasteiger partial charge on any atom is 0.406 e. The van der Waals surface area contributed by atoms with E-state index >= 15 is 0 Å². The summed E-state index contributed by atoms with van der Waals surface area (Å²) in [4.78, 5) is 16.0. The van der Waals surface area contributed by atoms with Gasteiger partial charge >= 0.3 is 6.09 Å². The number of para-hydroxylation sites is 2. The Morgan fingerprint density at radius 3 is 2.29 bits per heavy atom. The lowest BCUT2D eigenvalue weighted by molar-refractivity contribution is 0.150. The lowest BCUT2D eigenvalue weighted by Gasteiger charge is -2.14. The standard InChI is InChI=1S/C23H21N3O2/c1-24-23(27)28-14-13-16-7-6-8-17(15-16)25-22-18-9-2-4-11-20(18)26-21-12-5-3-10-19(21)22/h2-12,15H,13-14H2,1H3,(H,24,27)(H,25,26). The van der Waals surface area contributed by atoms with Gasteiger partial charge in [0.25, 0.3) is 0 Å². The summed E-state index contributed by atoms with van der Waals surface area (Å²) in [5.41, 5.74) is 5.04. The predicted molar refractivity (Wildman–Crippen MR) is 113 cm³/mol. The number of alkyl carbamates (subject to hydrolysis) is 1. The van der Waals surface area contributed by atoms with Crippen LogP contribution in [-0.2, 0) is 11.2 Å². The third-order valence-electron chi connectivity index (χ3n) is 4.61. The number of carbonyl (C=O) groups is 1. The SMILES string of the molecule is CNC(=O)OCCc1cccc(Nc2c3ccccc3nc3ccccc23)c1. The monoisotopic (exact) mass is 371 g/mol. The zero-order valence-corrected chi connectivity index (χ0v) is 15.6. The largest absolute Gasteiger partial charge is 0.449 e.